The fourth-order valence-electron chi connectivity index (χ4n) is 3.14. The molecule has 0 saturated carbocycles. The van der Waals surface area contributed by atoms with E-state index in [9.17, 15) is 4.39 Å². The van der Waals surface area contributed by atoms with Crippen molar-refractivity contribution in [3.63, 3.8) is 0 Å². The van der Waals surface area contributed by atoms with Crippen LogP contribution in [0.2, 0.25) is 0 Å². The topological polar surface area (TPSA) is 61.4 Å². The quantitative estimate of drug-likeness (QED) is 0.365. The lowest BCUT2D eigenvalue weighted by Crippen LogP contribution is -2.45. The number of H-pyrrole nitrogens is 1. The summed E-state index contributed by atoms with van der Waals surface area (Å²) >= 11 is 0. The minimum Gasteiger partial charge on any atom is -0.373 e. The van der Waals surface area contributed by atoms with Gasteiger partial charge < -0.3 is 20.4 Å². The van der Waals surface area contributed by atoms with E-state index in [0.717, 1.165) is 61.4 Å². The maximum Gasteiger partial charge on any atom is 0.191 e. The molecule has 2 aromatic rings. The van der Waals surface area contributed by atoms with Crippen LogP contribution >= 0.6 is 24.0 Å². The fraction of sp³-hybridized carbons (Fsp3) is 0.500. The van der Waals surface area contributed by atoms with E-state index in [-0.39, 0.29) is 35.4 Å². The van der Waals surface area contributed by atoms with E-state index in [1.54, 1.807) is 19.2 Å². The molecule has 1 aromatic carbocycles. The largest absolute Gasteiger partial charge is 0.373 e. The molecule has 1 unspecified atom stereocenters. The van der Waals surface area contributed by atoms with Crippen molar-refractivity contribution < 1.29 is 9.13 Å². The molecule has 0 bridgehead atoms. The molecule has 1 fully saturated rings. The summed E-state index contributed by atoms with van der Waals surface area (Å²) in [7, 11) is 1.76. The zero-order valence-corrected chi connectivity index (χ0v) is 17.0. The van der Waals surface area contributed by atoms with Gasteiger partial charge in [0.25, 0.3) is 0 Å². The normalized spacial score (nSPS) is 20.5. The van der Waals surface area contributed by atoms with E-state index in [0.29, 0.717) is 0 Å². The third kappa shape index (κ3) is 5.07. The lowest BCUT2D eigenvalue weighted by atomic mass is 10.0. The highest BCUT2D eigenvalue weighted by atomic mass is 127. The number of aliphatic imine (C=N–C) groups is 1. The van der Waals surface area contributed by atoms with E-state index >= 15 is 0 Å². The van der Waals surface area contributed by atoms with Crippen molar-refractivity contribution >= 4 is 40.8 Å². The lowest BCUT2D eigenvalue weighted by molar-refractivity contribution is 0.0243. The predicted octanol–water partition coefficient (Wildman–Crippen LogP) is 3.20. The van der Waals surface area contributed by atoms with Gasteiger partial charge in [-0.05, 0) is 49.9 Å². The van der Waals surface area contributed by atoms with E-state index in [4.69, 9.17) is 4.74 Å². The van der Waals surface area contributed by atoms with Crippen LogP contribution in [0.5, 0.6) is 0 Å². The van der Waals surface area contributed by atoms with Gasteiger partial charge in [0, 0.05) is 43.8 Å². The van der Waals surface area contributed by atoms with Crippen LogP contribution in [-0.2, 0) is 11.2 Å². The van der Waals surface area contributed by atoms with Gasteiger partial charge in [-0.2, -0.15) is 0 Å². The maximum atomic E-state index is 13.4. The maximum absolute atomic E-state index is 13.4. The second kappa shape index (κ2) is 8.84. The summed E-state index contributed by atoms with van der Waals surface area (Å²) in [5.74, 6) is 0.552. The molecule has 2 heterocycles. The van der Waals surface area contributed by atoms with Crippen LogP contribution in [0.1, 0.15) is 25.3 Å². The first-order chi connectivity index (χ1) is 11.6. The molecule has 0 radical (unpaired) electrons. The van der Waals surface area contributed by atoms with E-state index in [2.05, 4.69) is 27.5 Å². The number of guanidine groups is 1. The first-order valence-electron chi connectivity index (χ1n) is 8.44. The molecule has 5 nitrogen and oxygen atoms in total. The second-order valence-corrected chi connectivity index (χ2v) is 6.51. The number of halogens is 2. The summed E-state index contributed by atoms with van der Waals surface area (Å²) in [5.41, 5.74) is 1.95. The summed E-state index contributed by atoms with van der Waals surface area (Å²) in [6.45, 7) is 4.42. The van der Waals surface area contributed by atoms with Crippen LogP contribution in [0, 0.1) is 5.82 Å². The highest BCUT2D eigenvalue weighted by molar-refractivity contribution is 14.0. The standard InChI is InChI=1S/C18H25FN4O.HI/c1-18(7-3-9-24-18)12-23-17(20-2)21-8-6-13-11-22-16-5-4-14(19)10-15(13)16;/h4-5,10-11,22H,3,6-9,12H2,1-2H3,(H2,20,21,23);1H. The van der Waals surface area contributed by atoms with E-state index in [1.165, 1.54) is 6.07 Å². The molecule has 1 aliphatic heterocycles. The van der Waals surface area contributed by atoms with Gasteiger partial charge in [0.15, 0.2) is 5.96 Å². The summed E-state index contributed by atoms with van der Waals surface area (Å²) < 4.78 is 19.2. The van der Waals surface area contributed by atoms with Gasteiger partial charge in [0.1, 0.15) is 5.82 Å². The monoisotopic (exact) mass is 460 g/mol. The van der Waals surface area contributed by atoms with Crippen molar-refractivity contribution in [2.45, 2.75) is 31.8 Å². The first kappa shape index (κ1) is 20.0. The summed E-state index contributed by atoms with van der Waals surface area (Å²) in [6, 6.07) is 4.81. The van der Waals surface area contributed by atoms with Crippen LogP contribution < -0.4 is 10.6 Å². The molecule has 138 valence electrons. The van der Waals surface area contributed by atoms with Gasteiger partial charge in [-0.15, -0.1) is 24.0 Å². The molecule has 1 saturated heterocycles. The van der Waals surface area contributed by atoms with Gasteiger partial charge in [-0.1, -0.05) is 0 Å². The highest BCUT2D eigenvalue weighted by Crippen LogP contribution is 2.23. The number of fused-ring (bicyclic) bond motifs is 1. The molecule has 1 aliphatic rings. The van der Waals surface area contributed by atoms with Gasteiger partial charge in [0.05, 0.1) is 5.60 Å². The Bertz CT molecular complexity index is 725. The van der Waals surface area contributed by atoms with Crippen molar-refractivity contribution in [2.75, 3.05) is 26.7 Å². The van der Waals surface area contributed by atoms with Crippen molar-refractivity contribution in [3.05, 3.63) is 35.8 Å². The zero-order valence-electron chi connectivity index (χ0n) is 14.7. The van der Waals surface area contributed by atoms with Crippen LogP contribution in [0.3, 0.4) is 0 Å². The Morgan fingerprint density at radius 3 is 2.96 bits per heavy atom. The Kier molecular flexibility index (Phi) is 7.06. The number of benzene rings is 1. The average Bonchev–Trinajstić information content (AvgIpc) is 3.17. The molecule has 0 aliphatic carbocycles. The molecular formula is C18H26FIN4O. The molecule has 0 amide bonds. The number of rotatable bonds is 5. The third-order valence-corrected chi connectivity index (χ3v) is 4.57. The Hall–Kier alpha value is -1.35. The van der Waals surface area contributed by atoms with Crippen LogP contribution in [0.15, 0.2) is 29.4 Å². The first-order valence-corrected chi connectivity index (χ1v) is 8.44. The molecule has 7 heteroatoms. The summed E-state index contributed by atoms with van der Waals surface area (Å²) in [6.07, 6.45) is 4.91. The smallest absolute Gasteiger partial charge is 0.191 e. The average molecular weight is 460 g/mol. The Labute approximate surface area is 164 Å². The van der Waals surface area contributed by atoms with Crippen molar-refractivity contribution in [1.82, 2.24) is 15.6 Å². The lowest BCUT2D eigenvalue weighted by Gasteiger charge is -2.24. The fourth-order valence-corrected chi connectivity index (χ4v) is 3.14. The molecule has 1 aromatic heterocycles. The van der Waals surface area contributed by atoms with Crippen LogP contribution in [0.25, 0.3) is 10.9 Å². The minimum absolute atomic E-state index is 0. The molecule has 25 heavy (non-hydrogen) atoms. The van der Waals surface area contributed by atoms with Crippen molar-refractivity contribution in [2.24, 2.45) is 4.99 Å². The number of aromatic nitrogens is 1. The van der Waals surface area contributed by atoms with Gasteiger partial charge in [0.2, 0.25) is 0 Å². The number of ether oxygens (including phenoxy) is 1. The SMILES string of the molecule is CN=C(NCCc1c[nH]c2ccc(F)cc12)NCC1(C)CCCO1.I. The second-order valence-electron chi connectivity index (χ2n) is 6.51. The number of nitrogens with one attached hydrogen (secondary N) is 3. The number of aromatic amines is 1. The number of hydrogen-bond acceptors (Lipinski definition) is 2. The molecule has 0 spiro atoms. The molecule has 1 atom stereocenters. The number of hydrogen-bond donors (Lipinski definition) is 3. The Morgan fingerprint density at radius 1 is 1.40 bits per heavy atom. The molecule has 3 N–H and O–H groups in total. The summed E-state index contributed by atoms with van der Waals surface area (Å²) in [5, 5.41) is 7.56. The van der Waals surface area contributed by atoms with Crippen molar-refractivity contribution in [1.29, 1.82) is 0 Å². The van der Waals surface area contributed by atoms with Crippen molar-refractivity contribution in [3.8, 4) is 0 Å². The Morgan fingerprint density at radius 2 is 2.24 bits per heavy atom. The highest BCUT2D eigenvalue weighted by Gasteiger charge is 2.29. The summed E-state index contributed by atoms with van der Waals surface area (Å²) in [4.78, 5) is 7.42. The van der Waals surface area contributed by atoms with Crippen LogP contribution in [-0.4, -0.2) is 43.3 Å². The number of nitrogens with zero attached hydrogens (tertiary/aromatic N) is 1. The predicted molar refractivity (Wildman–Crippen MR) is 110 cm³/mol. The zero-order chi connectivity index (χ0) is 17.0. The van der Waals surface area contributed by atoms with E-state index < -0.39 is 0 Å². The van der Waals surface area contributed by atoms with E-state index in [1.807, 2.05) is 6.20 Å². The third-order valence-electron chi connectivity index (χ3n) is 4.57. The molecule has 3 rings (SSSR count). The van der Waals surface area contributed by atoms with Gasteiger partial charge in [-0.25, -0.2) is 4.39 Å². The van der Waals surface area contributed by atoms with Crippen LogP contribution in [0.4, 0.5) is 4.39 Å². The molecular weight excluding hydrogens is 434 g/mol. The Balaban J connectivity index is 0.00000225. The van der Waals surface area contributed by atoms with Gasteiger partial charge in [-0.3, -0.25) is 4.99 Å². The minimum atomic E-state index is -0.210. The van der Waals surface area contributed by atoms with Gasteiger partial charge >= 0.3 is 0 Å².